The third-order valence-corrected chi connectivity index (χ3v) is 2.91. The fourth-order valence-corrected chi connectivity index (χ4v) is 1.97. The van der Waals surface area contributed by atoms with Crippen LogP contribution in [0.15, 0.2) is 35.1 Å². The number of aromatic nitrogens is 2. The van der Waals surface area contributed by atoms with Crippen molar-refractivity contribution in [3.63, 3.8) is 0 Å². The minimum absolute atomic E-state index is 0.196. The van der Waals surface area contributed by atoms with Gasteiger partial charge in [-0.15, -0.1) is 0 Å². The molecule has 0 radical (unpaired) electrons. The topological polar surface area (TPSA) is 44.0 Å². The predicted molar refractivity (Wildman–Crippen MR) is 65.8 cm³/mol. The number of hydrogen-bond acceptors (Lipinski definition) is 2. The maximum Gasteiger partial charge on any atom is 0.282 e. The molecule has 0 N–H and O–H groups in total. The van der Waals surface area contributed by atoms with Gasteiger partial charge in [-0.05, 0) is 26.0 Å². The molecule has 0 unspecified atom stereocenters. The average molecular weight is 230 g/mol. The first-order valence-electron chi connectivity index (χ1n) is 5.39. The highest BCUT2D eigenvalue weighted by molar-refractivity contribution is 5.94. The Morgan fingerprint density at radius 3 is 2.24 bits per heavy atom. The molecule has 1 aromatic heterocycles. The van der Waals surface area contributed by atoms with Crippen molar-refractivity contribution < 1.29 is 4.79 Å². The zero-order valence-corrected chi connectivity index (χ0v) is 10.1. The van der Waals surface area contributed by atoms with Gasteiger partial charge in [-0.25, -0.2) is 4.68 Å². The Hall–Kier alpha value is -2.10. The summed E-state index contributed by atoms with van der Waals surface area (Å²) in [6.07, 6.45) is 0. The van der Waals surface area contributed by atoms with Crippen LogP contribution in [0.1, 0.15) is 23.0 Å². The average Bonchev–Trinajstić information content (AvgIpc) is 2.51. The SMILES string of the molecule is CC(=O)c1c(C)n(C)n(-c2ccccc2)c1=O. The van der Waals surface area contributed by atoms with E-state index in [1.54, 1.807) is 18.7 Å². The molecule has 1 heterocycles. The molecule has 0 fully saturated rings. The molecule has 4 heteroatoms. The number of ketones is 1. The third kappa shape index (κ3) is 1.71. The molecule has 2 rings (SSSR count). The summed E-state index contributed by atoms with van der Waals surface area (Å²) in [5, 5.41) is 0. The number of carbonyl (C=O) groups is 1. The van der Waals surface area contributed by atoms with Crippen LogP contribution in [-0.4, -0.2) is 15.1 Å². The van der Waals surface area contributed by atoms with Gasteiger partial charge in [-0.3, -0.25) is 14.3 Å². The van der Waals surface area contributed by atoms with Crippen molar-refractivity contribution in [1.82, 2.24) is 9.36 Å². The van der Waals surface area contributed by atoms with Crippen LogP contribution in [0.25, 0.3) is 5.69 Å². The normalized spacial score (nSPS) is 10.5. The van der Waals surface area contributed by atoms with Gasteiger partial charge >= 0.3 is 0 Å². The van der Waals surface area contributed by atoms with E-state index in [-0.39, 0.29) is 16.9 Å². The van der Waals surface area contributed by atoms with E-state index in [4.69, 9.17) is 0 Å². The molecule has 0 aliphatic rings. The largest absolute Gasteiger partial charge is 0.294 e. The number of nitrogens with zero attached hydrogens (tertiary/aromatic N) is 2. The first kappa shape index (κ1) is 11.4. The molecule has 0 spiro atoms. The Balaban J connectivity index is 2.77. The van der Waals surface area contributed by atoms with Crippen LogP contribution in [0.4, 0.5) is 0 Å². The Kier molecular flexibility index (Phi) is 2.71. The van der Waals surface area contributed by atoms with Crippen LogP contribution < -0.4 is 5.56 Å². The molecule has 0 bridgehead atoms. The van der Waals surface area contributed by atoms with Crippen molar-refractivity contribution in [2.45, 2.75) is 13.8 Å². The summed E-state index contributed by atoms with van der Waals surface area (Å²) in [6, 6.07) is 9.28. The molecule has 2 aromatic rings. The highest BCUT2D eigenvalue weighted by atomic mass is 16.2. The summed E-state index contributed by atoms with van der Waals surface area (Å²) < 4.78 is 3.21. The lowest BCUT2D eigenvalue weighted by molar-refractivity contribution is 0.101. The zero-order chi connectivity index (χ0) is 12.6. The molecular weight excluding hydrogens is 216 g/mol. The van der Waals surface area contributed by atoms with Crippen molar-refractivity contribution in [3.05, 3.63) is 51.9 Å². The maximum atomic E-state index is 12.2. The lowest BCUT2D eigenvalue weighted by Crippen LogP contribution is -2.21. The van der Waals surface area contributed by atoms with Crippen molar-refractivity contribution in [2.24, 2.45) is 7.05 Å². The highest BCUT2D eigenvalue weighted by Crippen LogP contribution is 2.10. The van der Waals surface area contributed by atoms with Crippen LogP contribution in [0.2, 0.25) is 0 Å². The predicted octanol–water partition coefficient (Wildman–Crippen LogP) is 1.69. The monoisotopic (exact) mass is 230 g/mol. The number of benzene rings is 1. The van der Waals surface area contributed by atoms with Gasteiger partial charge in [0, 0.05) is 12.7 Å². The van der Waals surface area contributed by atoms with Gasteiger partial charge in [0.1, 0.15) is 5.56 Å². The molecule has 4 nitrogen and oxygen atoms in total. The summed E-state index contributed by atoms with van der Waals surface area (Å²) in [5.74, 6) is -0.196. The number of carbonyl (C=O) groups excluding carboxylic acids is 1. The van der Waals surface area contributed by atoms with Gasteiger partial charge in [0.25, 0.3) is 5.56 Å². The van der Waals surface area contributed by atoms with E-state index in [2.05, 4.69) is 0 Å². The van der Waals surface area contributed by atoms with Gasteiger partial charge in [-0.1, -0.05) is 18.2 Å². The van der Waals surface area contributed by atoms with Crippen LogP contribution in [0, 0.1) is 6.92 Å². The van der Waals surface area contributed by atoms with Crippen LogP contribution >= 0.6 is 0 Å². The van der Waals surface area contributed by atoms with Crippen LogP contribution in [0.5, 0.6) is 0 Å². The number of hydrogen-bond donors (Lipinski definition) is 0. The van der Waals surface area contributed by atoms with Gasteiger partial charge in [0.15, 0.2) is 5.78 Å². The lowest BCUT2D eigenvalue weighted by atomic mass is 10.2. The second-order valence-corrected chi connectivity index (χ2v) is 3.99. The number of rotatable bonds is 2. The Bertz CT molecular complexity index is 621. The molecule has 0 atom stereocenters. The smallest absolute Gasteiger partial charge is 0.282 e. The van der Waals surface area contributed by atoms with Gasteiger partial charge in [0.2, 0.25) is 0 Å². The third-order valence-electron chi connectivity index (χ3n) is 2.91. The van der Waals surface area contributed by atoms with Crippen LogP contribution in [-0.2, 0) is 7.05 Å². The minimum Gasteiger partial charge on any atom is -0.294 e. The summed E-state index contributed by atoms with van der Waals surface area (Å²) in [7, 11) is 1.77. The Morgan fingerprint density at radius 2 is 1.76 bits per heavy atom. The molecule has 17 heavy (non-hydrogen) atoms. The van der Waals surface area contributed by atoms with E-state index >= 15 is 0 Å². The van der Waals surface area contributed by atoms with Gasteiger partial charge in [-0.2, -0.15) is 0 Å². The second kappa shape index (κ2) is 4.05. The van der Waals surface area contributed by atoms with Crippen molar-refractivity contribution in [1.29, 1.82) is 0 Å². The highest BCUT2D eigenvalue weighted by Gasteiger charge is 2.18. The fraction of sp³-hybridized carbons (Fsp3) is 0.231. The van der Waals surface area contributed by atoms with Gasteiger partial charge < -0.3 is 0 Å². The molecule has 0 saturated carbocycles. The van der Waals surface area contributed by atoms with E-state index in [1.165, 1.54) is 11.6 Å². The minimum atomic E-state index is -0.260. The molecule has 1 aromatic carbocycles. The molecule has 0 saturated heterocycles. The van der Waals surface area contributed by atoms with Crippen molar-refractivity contribution in [2.75, 3.05) is 0 Å². The zero-order valence-electron chi connectivity index (χ0n) is 10.1. The molecule has 0 aliphatic carbocycles. The molecular formula is C13H14N2O2. The van der Waals surface area contributed by atoms with E-state index in [0.29, 0.717) is 5.69 Å². The van der Waals surface area contributed by atoms with E-state index in [1.807, 2.05) is 30.3 Å². The molecule has 0 aliphatic heterocycles. The second-order valence-electron chi connectivity index (χ2n) is 3.99. The summed E-state index contributed by atoms with van der Waals surface area (Å²) in [6.45, 7) is 3.19. The quantitative estimate of drug-likeness (QED) is 0.737. The van der Waals surface area contributed by atoms with Gasteiger partial charge in [0.05, 0.1) is 5.69 Å². The first-order chi connectivity index (χ1) is 8.04. The standard InChI is InChI=1S/C13H14N2O2/c1-9-12(10(2)16)13(17)15(14(9)3)11-7-5-4-6-8-11/h4-8H,1-3H3. The lowest BCUT2D eigenvalue weighted by Gasteiger charge is -2.07. The molecule has 0 amide bonds. The Labute approximate surface area is 99.1 Å². The van der Waals surface area contributed by atoms with E-state index < -0.39 is 0 Å². The van der Waals surface area contributed by atoms with Crippen molar-refractivity contribution in [3.8, 4) is 5.69 Å². The number of Topliss-reactive ketones (excluding diaryl/α,β-unsaturated/α-hetero) is 1. The summed E-state index contributed by atoms with van der Waals surface area (Å²) in [4.78, 5) is 23.6. The molecule has 88 valence electrons. The summed E-state index contributed by atoms with van der Waals surface area (Å²) >= 11 is 0. The van der Waals surface area contributed by atoms with Crippen molar-refractivity contribution >= 4 is 5.78 Å². The fourth-order valence-electron chi connectivity index (χ4n) is 1.97. The maximum absolute atomic E-state index is 12.2. The summed E-state index contributed by atoms with van der Waals surface area (Å²) in [5.41, 5.74) is 1.45. The van der Waals surface area contributed by atoms with E-state index in [0.717, 1.165) is 5.69 Å². The van der Waals surface area contributed by atoms with E-state index in [9.17, 15) is 9.59 Å². The number of para-hydroxylation sites is 1. The Morgan fingerprint density at radius 1 is 1.18 bits per heavy atom. The van der Waals surface area contributed by atoms with Crippen LogP contribution in [0.3, 0.4) is 0 Å². The first-order valence-corrected chi connectivity index (χ1v) is 5.39.